The summed E-state index contributed by atoms with van der Waals surface area (Å²) >= 11 is 0. The second kappa shape index (κ2) is 5.00. The number of aliphatic hydroxyl groups excluding tert-OH is 1. The molecule has 0 heterocycles. The SMILES string of the molecule is Cc1cc(C(O)C2(C)CCCCC2)cc(C)c1F. The van der Waals surface area contributed by atoms with Gasteiger partial charge in [-0.05, 0) is 48.8 Å². The molecule has 1 atom stereocenters. The standard InChI is InChI=1S/C16H23FO/c1-11-9-13(10-12(2)14(11)17)15(18)16(3)7-5-4-6-8-16/h9-10,15,18H,4-8H2,1-3H3. The molecule has 0 aromatic heterocycles. The van der Waals surface area contributed by atoms with Crippen molar-refractivity contribution in [3.05, 3.63) is 34.6 Å². The Morgan fingerprint density at radius 1 is 1.11 bits per heavy atom. The van der Waals surface area contributed by atoms with Crippen molar-refractivity contribution in [1.82, 2.24) is 0 Å². The normalized spacial score (nSPS) is 20.7. The highest BCUT2D eigenvalue weighted by atomic mass is 19.1. The van der Waals surface area contributed by atoms with Crippen LogP contribution in [0, 0.1) is 25.1 Å². The van der Waals surface area contributed by atoms with E-state index in [0.29, 0.717) is 11.1 Å². The predicted molar refractivity (Wildman–Crippen MR) is 72.0 cm³/mol. The monoisotopic (exact) mass is 250 g/mol. The third-order valence-electron chi connectivity index (χ3n) is 4.43. The average Bonchev–Trinajstić information content (AvgIpc) is 2.35. The largest absolute Gasteiger partial charge is 0.388 e. The molecule has 0 amide bonds. The Morgan fingerprint density at radius 2 is 1.61 bits per heavy atom. The van der Waals surface area contributed by atoms with Gasteiger partial charge in [-0.25, -0.2) is 4.39 Å². The third kappa shape index (κ3) is 2.44. The van der Waals surface area contributed by atoms with Gasteiger partial charge in [-0.3, -0.25) is 0 Å². The first kappa shape index (κ1) is 13.5. The molecule has 1 saturated carbocycles. The van der Waals surface area contributed by atoms with Gasteiger partial charge in [0.1, 0.15) is 5.82 Å². The molecule has 18 heavy (non-hydrogen) atoms. The molecular formula is C16H23FO. The predicted octanol–water partition coefficient (Wildman–Crippen LogP) is 4.45. The van der Waals surface area contributed by atoms with Gasteiger partial charge in [0, 0.05) is 0 Å². The lowest BCUT2D eigenvalue weighted by Gasteiger charge is -2.38. The Bertz CT molecular complexity index is 410. The van der Waals surface area contributed by atoms with Crippen molar-refractivity contribution in [1.29, 1.82) is 0 Å². The number of halogens is 1. The highest BCUT2D eigenvalue weighted by Gasteiger charge is 2.35. The van der Waals surface area contributed by atoms with Crippen LogP contribution < -0.4 is 0 Å². The molecule has 2 heteroatoms. The van der Waals surface area contributed by atoms with Gasteiger partial charge in [0.25, 0.3) is 0 Å². The summed E-state index contributed by atoms with van der Waals surface area (Å²) < 4.78 is 13.6. The molecule has 2 rings (SSSR count). The zero-order valence-electron chi connectivity index (χ0n) is 11.6. The lowest BCUT2D eigenvalue weighted by molar-refractivity contribution is 0.00807. The maximum absolute atomic E-state index is 13.6. The van der Waals surface area contributed by atoms with Gasteiger partial charge in [-0.2, -0.15) is 0 Å². The van der Waals surface area contributed by atoms with Crippen LogP contribution in [0.4, 0.5) is 4.39 Å². The molecule has 1 aromatic carbocycles. The van der Waals surface area contributed by atoms with Gasteiger partial charge >= 0.3 is 0 Å². The van der Waals surface area contributed by atoms with Crippen LogP contribution in [0.1, 0.15) is 61.8 Å². The van der Waals surface area contributed by atoms with E-state index < -0.39 is 6.10 Å². The molecule has 1 fully saturated rings. The molecule has 1 aliphatic carbocycles. The number of hydrogen-bond donors (Lipinski definition) is 1. The molecule has 1 N–H and O–H groups in total. The fourth-order valence-electron chi connectivity index (χ4n) is 3.17. The Morgan fingerprint density at radius 3 is 2.11 bits per heavy atom. The number of hydrogen-bond acceptors (Lipinski definition) is 1. The minimum Gasteiger partial charge on any atom is -0.388 e. The molecule has 1 nitrogen and oxygen atoms in total. The van der Waals surface area contributed by atoms with Crippen molar-refractivity contribution in [2.24, 2.45) is 5.41 Å². The van der Waals surface area contributed by atoms with E-state index in [1.54, 1.807) is 26.0 Å². The Hall–Kier alpha value is -0.890. The first-order chi connectivity index (χ1) is 8.44. The van der Waals surface area contributed by atoms with Crippen molar-refractivity contribution in [3.8, 4) is 0 Å². The summed E-state index contributed by atoms with van der Waals surface area (Å²) in [6, 6.07) is 3.60. The molecule has 0 spiro atoms. The molecule has 0 radical (unpaired) electrons. The lowest BCUT2D eigenvalue weighted by atomic mass is 9.70. The van der Waals surface area contributed by atoms with Crippen molar-refractivity contribution >= 4 is 0 Å². The molecule has 0 aliphatic heterocycles. The fourth-order valence-corrected chi connectivity index (χ4v) is 3.17. The summed E-state index contributed by atoms with van der Waals surface area (Å²) in [6.07, 6.45) is 5.28. The smallest absolute Gasteiger partial charge is 0.129 e. The zero-order valence-corrected chi connectivity index (χ0v) is 11.6. The summed E-state index contributed by atoms with van der Waals surface area (Å²) in [6.45, 7) is 5.69. The van der Waals surface area contributed by atoms with Crippen molar-refractivity contribution in [2.45, 2.75) is 59.0 Å². The maximum Gasteiger partial charge on any atom is 0.129 e. The van der Waals surface area contributed by atoms with E-state index in [0.717, 1.165) is 18.4 Å². The van der Waals surface area contributed by atoms with Crippen LogP contribution in [0.25, 0.3) is 0 Å². The summed E-state index contributed by atoms with van der Waals surface area (Å²) in [7, 11) is 0. The fraction of sp³-hybridized carbons (Fsp3) is 0.625. The quantitative estimate of drug-likeness (QED) is 0.822. The number of aliphatic hydroxyl groups is 1. The van der Waals surface area contributed by atoms with Gasteiger partial charge in [0.15, 0.2) is 0 Å². The van der Waals surface area contributed by atoms with Gasteiger partial charge in [0.2, 0.25) is 0 Å². The van der Waals surface area contributed by atoms with Crippen LogP contribution in [0.3, 0.4) is 0 Å². The van der Waals surface area contributed by atoms with Crippen LogP contribution in [-0.4, -0.2) is 5.11 Å². The Labute approximate surface area is 109 Å². The second-order valence-corrected chi connectivity index (χ2v) is 6.09. The number of rotatable bonds is 2. The Kier molecular flexibility index (Phi) is 3.76. The molecule has 100 valence electrons. The van der Waals surface area contributed by atoms with E-state index in [1.165, 1.54) is 19.3 Å². The highest BCUT2D eigenvalue weighted by Crippen LogP contribution is 2.45. The van der Waals surface area contributed by atoms with Crippen molar-refractivity contribution in [3.63, 3.8) is 0 Å². The molecule has 0 saturated heterocycles. The number of aryl methyl sites for hydroxylation is 2. The van der Waals surface area contributed by atoms with Crippen LogP contribution in [-0.2, 0) is 0 Å². The molecule has 1 unspecified atom stereocenters. The second-order valence-electron chi connectivity index (χ2n) is 6.09. The van der Waals surface area contributed by atoms with E-state index in [1.807, 2.05) is 0 Å². The topological polar surface area (TPSA) is 20.2 Å². The van der Waals surface area contributed by atoms with E-state index in [9.17, 15) is 9.50 Å². The lowest BCUT2D eigenvalue weighted by Crippen LogP contribution is -2.28. The van der Waals surface area contributed by atoms with Gasteiger partial charge < -0.3 is 5.11 Å². The molecule has 0 bridgehead atoms. The van der Waals surface area contributed by atoms with Crippen LogP contribution >= 0.6 is 0 Å². The van der Waals surface area contributed by atoms with Gasteiger partial charge in [-0.15, -0.1) is 0 Å². The van der Waals surface area contributed by atoms with Crippen molar-refractivity contribution in [2.75, 3.05) is 0 Å². The van der Waals surface area contributed by atoms with Gasteiger partial charge in [0.05, 0.1) is 6.10 Å². The van der Waals surface area contributed by atoms with Gasteiger partial charge in [-0.1, -0.05) is 38.3 Å². The third-order valence-corrected chi connectivity index (χ3v) is 4.43. The van der Waals surface area contributed by atoms with Crippen LogP contribution in [0.2, 0.25) is 0 Å². The Balaban J connectivity index is 2.30. The van der Waals surface area contributed by atoms with E-state index in [-0.39, 0.29) is 11.2 Å². The average molecular weight is 250 g/mol. The van der Waals surface area contributed by atoms with Crippen LogP contribution in [0.15, 0.2) is 12.1 Å². The number of benzene rings is 1. The van der Waals surface area contributed by atoms with E-state index in [4.69, 9.17) is 0 Å². The summed E-state index contributed by atoms with van der Waals surface area (Å²) in [5, 5.41) is 10.6. The first-order valence-electron chi connectivity index (χ1n) is 6.89. The molecule has 1 aliphatic rings. The first-order valence-corrected chi connectivity index (χ1v) is 6.89. The minimum atomic E-state index is -0.476. The zero-order chi connectivity index (χ0) is 13.3. The summed E-state index contributed by atoms with van der Waals surface area (Å²) in [5.74, 6) is -0.153. The van der Waals surface area contributed by atoms with Crippen molar-refractivity contribution < 1.29 is 9.50 Å². The van der Waals surface area contributed by atoms with E-state index >= 15 is 0 Å². The molecular weight excluding hydrogens is 227 g/mol. The highest BCUT2D eigenvalue weighted by molar-refractivity contribution is 5.32. The van der Waals surface area contributed by atoms with Crippen LogP contribution in [0.5, 0.6) is 0 Å². The molecule has 1 aromatic rings. The van der Waals surface area contributed by atoms with E-state index in [2.05, 4.69) is 6.92 Å². The minimum absolute atomic E-state index is 0.0467. The summed E-state index contributed by atoms with van der Waals surface area (Å²) in [4.78, 5) is 0. The summed E-state index contributed by atoms with van der Waals surface area (Å²) in [5.41, 5.74) is 2.08. The maximum atomic E-state index is 13.6.